The second kappa shape index (κ2) is 5.76. The number of aryl methyl sites for hydroxylation is 1. The summed E-state index contributed by atoms with van der Waals surface area (Å²) in [7, 11) is 1.93. The summed E-state index contributed by atoms with van der Waals surface area (Å²) in [6.45, 7) is 0.739. The summed E-state index contributed by atoms with van der Waals surface area (Å²) in [4.78, 5) is 7.67. The van der Waals surface area contributed by atoms with Crippen molar-refractivity contribution in [1.29, 1.82) is 0 Å². The number of halogens is 3. The predicted octanol–water partition coefficient (Wildman–Crippen LogP) is 3.52. The average molecular weight is 319 g/mol. The van der Waals surface area contributed by atoms with Gasteiger partial charge in [0.15, 0.2) is 5.13 Å². The Morgan fingerprint density at radius 2 is 2.10 bits per heavy atom. The van der Waals surface area contributed by atoms with Crippen LogP contribution in [0.1, 0.15) is 42.3 Å². The third-order valence-corrected chi connectivity index (χ3v) is 5.71. The molecule has 0 bridgehead atoms. The standard InChI is InChI=1S/C14H20F3N3S/c1-18-10-5-2-6-11-12(10)21-13(19-11)20-7-3-4-9(8-20)14(15,16)17/h9-10,18H,2-8H2,1H3. The van der Waals surface area contributed by atoms with Crippen molar-refractivity contribution < 1.29 is 13.2 Å². The molecule has 1 aliphatic heterocycles. The maximum atomic E-state index is 12.9. The zero-order valence-electron chi connectivity index (χ0n) is 12.0. The maximum Gasteiger partial charge on any atom is 0.393 e. The van der Waals surface area contributed by atoms with Crippen molar-refractivity contribution in [1.82, 2.24) is 10.3 Å². The van der Waals surface area contributed by atoms with E-state index in [-0.39, 0.29) is 13.0 Å². The lowest BCUT2D eigenvalue weighted by Gasteiger charge is -2.33. The van der Waals surface area contributed by atoms with E-state index in [9.17, 15) is 13.2 Å². The van der Waals surface area contributed by atoms with E-state index in [1.807, 2.05) is 11.9 Å². The van der Waals surface area contributed by atoms with Crippen molar-refractivity contribution in [3.05, 3.63) is 10.6 Å². The molecule has 0 spiro atoms. The first-order valence-corrected chi connectivity index (χ1v) is 8.29. The predicted molar refractivity (Wildman–Crippen MR) is 77.8 cm³/mol. The fraction of sp³-hybridized carbons (Fsp3) is 0.786. The van der Waals surface area contributed by atoms with E-state index < -0.39 is 12.1 Å². The van der Waals surface area contributed by atoms with Gasteiger partial charge in [0, 0.05) is 24.0 Å². The lowest BCUT2D eigenvalue weighted by molar-refractivity contribution is -0.175. The Labute approximate surface area is 126 Å². The molecule has 2 heterocycles. The molecular weight excluding hydrogens is 299 g/mol. The monoisotopic (exact) mass is 319 g/mol. The van der Waals surface area contributed by atoms with Crippen LogP contribution in [0.15, 0.2) is 0 Å². The molecule has 21 heavy (non-hydrogen) atoms. The number of thiazole rings is 1. The number of fused-ring (bicyclic) bond motifs is 1. The van der Waals surface area contributed by atoms with Gasteiger partial charge in [-0.2, -0.15) is 13.2 Å². The van der Waals surface area contributed by atoms with E-state index in [1.54, 1.807) is 11.3 Å². The number of hydrogen-bond acceptors (Lipinski definition) is 4. The highest BCUT2D eigenvalue weighted by molar-refractivity contribution is 7.15. The molecule has 1 fully saturated rings. The number of piperidine rings is 1. The largest absolute Gasteiger partial charge is 0.393 e. The average Bonchev–Trinajstić information content (AvgIpc) is 2.90. The van der Waals surface area contributed by atoms with Gasteiger partial charge in [-0.05, 0) is 39.2 Å². The van der Waals surface area contributed by atoms with Crippen LogP contribution in [0.2, 0.25) is 0 Å². The van der Waals surface area contributed by atoms with Crippen molar-refractivity contribution in [2.75, 3.05) is 25.0 Å². The first kappa shape index (κ1) is 15.1. The molecule has 2 aliphatic rings. The van der Waals surface area contributed by atoms with E-state index in [0.29, 0.717) is 19.0 Å². The van der Waals surface area contributed by atoms with Gasteiger partial charge in [0.2, 0.25) is 0 Å². The Bertz CT molecular complexity index is 500. The van der Waals surface area contributed by atoms with Gasteiger partial charge in [-0.1, -0.05) is 11.3 Å². The van der Waals surface area contributed by atoms with Crippen LogP contribution in [0.3, 0.4) is 0 Å². The number of nitrogens with one attached hydrogen (secondary N) is 1. The maximum absolute atomic E-state index is 12.9. The third kappa shape index (κ3) is 3.04. The molecule has 0 aromatic carbocycles. The molecule has 3 rings (SSSR count). The van der Waals surface area contributed by atoms with Crippen LogP contribution < -0.4 is 10.2 Å². The number of aromatic nitrogens is 1. The number of anilines is 1. The third-order valence-electron chi connectivity index (χ3n) is 4.44. The van der Waals surface area contributed by atoms with Crippen molar-refractivity contribution in [2.24, 2.45) is 5.92 Å². The normalized spacial score (nSPS) is 26.8. The first-order valence-electron chi connectivity index (χ1n) is 7.47. The van der Waals surface area contributed by atoms with Gasteiger partial charge in [-0.15, -0.1) is 0 Å². The molecule has 2 atom stereocenters. The second-order valence-corrected chi connectivity index (χ2v) is 6.88. The Kier molecular flexibility index (Phi) is 4.14. The van der Waals surface area contributed by atoms with Gasteiger partial charge >= 0.3 is 6.18 Å². The molecule has 2 unspecified atom stereocenters. The fourth-order valence-corrected chi connectivity index (χ4v) is 4.53. The smallest absolute Gasteiger partial charge is 0.347 e. The Balaban J connectivity index is 1.79. The van der Waals surface area contributed by atoms with Gasteiger partial charge in [-0.25, -0.2) is 4.98 Å². The summed E-state index contributed by atoms with van der Waals surface area (Å²) in [6, 6.07) is 0.309. The Morgan fingerprint density at radius 1 is 1.29 bits per heavy atom. The van der Waals surface area contributed by atoms with Crippen LogP contribution in [-0.4, -0.2) is 31.3 Å². The zero-order valence-corrected chi connectivity index (χ0v) is 12.9. The SMILES string of the molecule is CNC1CCCc2nc(N3CCCC(C(F)(F)F)C3)sc21. The minimum Gasteiger partial charge on any atom is -0.347 e. The quantitative estimate of drug-likeness (QED) is 0.904. The minimum absolute atomic E-state index is 0.0557. The summed E-state index contributed by atoms with van der Waals surface area (Å²) in [5, 5.41) is 4.06. The van der Waals surface area contributed by atoms with Crippen LogP contribution >= 0.6 is 11.3 Å². The van der Waals surface area contributed by atoms with Crippen LogP contribution in [0, 0.1) is 5.92 Å². The van der Waals surface area contributed by atoms with Gasteiger partial charge in [0.05, 0.1) is 11.6 Å². The number of hydrogen-bond donors (Lipinski definition) is 1. The van der Waals surface area contributed by atoms with Crippen LogP contribution in [-0.2, 0) is 6.42 Å². The van der Waals surface area contributed by atoms with E-state index in [4.69, 9.17) is 0 Å². The summed E-state index contributed by atoms with van der Waals surface area (Å²) in [6.07, 6.45) is -0.152. The molecule has 1 aromatic rings. The van der Waals surface area contributed by atoms with Crippen molar-refractivity contribution in [3.8, 4) is 0 Å². The molecule has 1 saturated heterocycles. The summed E-state index contributed by atoms with van der Waals surface area (Å²) < 4.78 is 38.8. The number of alkyl halides is 3. The molecule has 1 aliphatic carbocycles. The zero-order chi connectivity index (χ0) is 15.0. The van der Waals surface area contributed by atoms with E-state index >= 15 is 0 Å². The van der Waals surface area contributed by atoms with E-state index in [0.717, 1.165) is 30.1 Å². The molecule has 118 valence electrons. The molecule has 3 nitrogen and oxygen atoms in total. The van der Waals surface area contributed by atoms with Gasteiger partial charge in [0.25, 0.3) is 0 Å². The van der Waals surface area contributed by atoms with Gasteiger partial charge in [-0.3, -0.25) is 0 Å². The highest BCUT2D eigenvalue weighted by atomic mass is 32.1. The molecule has 7 heteroatoms. The van der Waals surface area contributed by atoms with Crippen molar-refractivity contribution in [3.63, 3.8) is 0 Å². The summed E-state index contributed by atoms with van der Waals surface area (Å²) in [5.74, 6) is -1.22. The van der Waals surface area contributed by atoms with E-state index in [1.165, 1.54) is 4.88 Å². The summed E-state index contributed by atoms with van der Waals surface area (Å²) >= 11 is 1.57. The van der Waals surface area contributed by atoms with Crippen LogP contribution in [0.5, 0.6) is 0 Å². The lowest BCUT2D eigenvalue weighted by Crippen LogP contribution is -2.41. The molecule has 1 N–H and O–H groups in total. The second-order valence-electron chi connectivity index (χ2n) is 5.87. The van der Waals surface area contributed by atoms with Gasteiger partial charge in [0.1, 0.15) is 0 Å². The molecular formula is C14H20F3N3S. The molecule has 0 saturated carbocycles. The van der Waals surface area contributed by atoms with E-state index in [2.05, 4.69) is 10.3 Å². The summed E-state index contributed by atoms with van der Waals surface area (Å²) in [5.41, 5.74) is 1.08. The lowest BCUT2D eigenvalue weighted by atomic mass is 9.98. The Hall–Kier alpha value is -0.820. The highest BCUT2D eigenvalue weighted by Crippen LogP contribution is 2.40. The molecule has 1 aromatic heterocycles. The van der Waals surface area contributed by atoms with Crippen molar-refractivity contribution in [2.45, 2.75) is 44.3 Å². The van der Waals surface area contributed by atoms with Gasteiger partial charge < -0.3 is 10.2 Å². The molecule has 0 amide bonds. The first-order chi connectivity index (χ1) is 9.99. The highest BCUT2D eigenvalue weighted by Gasteiger charge is 2.42. The fourth-order valence-electron chi connectivity index (χ4n) is 3.24. The van der Waals surface area contributed by atoms with Crippen LogP contribution in [0.25, 0.3) is 0 Å². The number of nitrogens with zero attached hydrogens (tertiary/aromatic N) is 2. The minimum atomic E-state index is -4.09. The van der Waals surface area contributed by atoms with Crippen molar-refractivity contribution >= 4 is 16.5 Å². The topological polar surface area (TPSA) is 28.2 Å². The number of rotatable bonds is 2. The Morgan fingerprint density at radius 3 is 2.81 bits per heavy atom. The van der Waals surface area contributed by atoms with Crippen LogP contribution in [0.4, 0.5) is 18.3 Å². The molecule has 0 radical (unpaired) electrons.